The Hall–Kier alpha value is -3.74. The van der Waals surface area contributed by atoms with Gasteiger partial charge >= 0.3 is 0 Å². The third-order valence-corrected chi connectivity index (χ3v) is 6.07. The monoisotopic (exact) mass is 444 g/mol. The molecule has 0 radical (unpaired) electrons. The standard InChI is InChI=1S/C26H28N4O3/c1-18(2)27-25(33)26(14-15-30(17-26)24(32)22-12-13-23(31)29-28-22)16-20-10-6-7-11-21(20)19-8-4-3-5-9-19/h3-13,18H,14-17H2,1-2H3,(H,27,33)(H,29,31)/t26-/m1/s1. The molecule has 2 aromatic carbocycles. The fourth-order valence-corrected chi connectivity index (χ4v) is 4.43. The predicted octanol–water partition coefficient (Wildman–Crippen LogP) is 3.04. The van der Waals surface area contributed by atoms with Crippen molar-refractivity contribution >= 4 is 11.8 Å². The lowest BCUT2D eigenvalue weighted by Crippen LogP contribution is -2.47. The number of nitrogens with zero attached hydrogens (tertiary/aromatic N) is 2. The molecule has 0 bridgehead atoms. The maximum atomic E-state index is 13.5. The van der Waals surface area contributed by atoms with Gasteiger partial charge < -0.3 is 10.2 Å². The maximum Gasteiger partial charge on any atom is 0.274 e. The molecule has 1 fully saturated rings. The van der Waals surface area contributed by atoms with Crippen molar-refractivity contribution in [2.45, 2.75) is 32.7 Å². The van der Waals surface area contributed by atoms with E-state index in [0.29, 0.717) is 19.4 Å². The molecule has 1 aromatic heterocycles. The number of aromatic amines is 1. The summed E-state index contributed by atoms with van der Waals surface area (Å²) in [5, 5.41) is 9.25. The average Bonchev–Trinajstić information content (AvgIpc) is 3.25. The molecule has 4 rings (SSSR count). The number of H-pyrrole nitrogens is 1. The molecule has 0 spiro atoms. The van der Waals surface area contributed by atoms with Crippen LogP contribution < -0.4 is 10.9 Å². The summed E-state index contributed by atoms with van der Waals surface area (Å²) in [6, 6.07) is 20.9. The molecule has 2 amide bonds. The summed E-state index contributed by atoms with van der Waals surface area (Å²) in [5.74, 6) is -0.341. The molecule has 1 atom stereocenters. The minimum atomic E-state index is -0.757. The molecule has 2 N–H and O–H groups in total. The third kappa shape index (κ3) is 4.87. The number of benzene rings is 2. The number of likely N-dealkylation sites (tertiary alicyclic amines) is 1. The van der Waals surface area contributed by atoms with Gasteiger partial charge in [-0.2, -0.15) is 5.10 Å². The van der Waals surface area contributed by atoms with Gasteiger partial charge in [-0.05, 0) is 49.4 Å². The Kier molecular flexibility index (Phi) is 6.40. The fourth-order valence-electron chi connectivity index (χ4n) is 4.43. The van der Waals surface area contributed by atoms with E-state index in [2.05, 4.69) is 39.8 Å². The number of aromatic nitrogens is 2. The highest BCUT2D eigenvalue weighted by atomic mass is 16.2. The number of hydrogen-bond donors (Lipinski definition) is 2. The van der Waals surface area contributed by atoms with Crippen LogP contribution in [0.15, 0.2) is 71.5 Å². The molecule has 0 unspecified atom stereocenters. The first-order chi connectivity index (χ1) is 15.9. The Morgan fingerprint density at radius 3 is 2.48 bits per heavy atom. The predicted molar refractivity (Wildman–Crippen MR) is 127 cm³/mol. The summed E-state index contributed by atoms with van der Waals surface area (Å²) in [4.78, 5) is 39.5. The summed E-state index contributed by atoms with van der Waals surface area (Å²) in [6.45, 7) is 4.60. The zero-order valence-corrected chi connectivity index (χ0v) is 18.9. The lowest BCUT2D eigenvalue weighted by atomic mass is 9.78. The van der Waals surface area contributed by atoms with Crippen LogP contribution in [-0.2, 0) is 11.2 Å². The van der Waals surface area contributed by atoms with Crippen LogP contribution in [0.2, 0.25) is 0 Å². The largest absolute Gasteiger partial charge is 0.353 e. The van der Waals surface area contributed by atoms with Gasteiger partial charge in [-0.1, -0.05) is 54.6 Å². The number of hydrogen-bond acceptors (Lipinski definition) is 4. The van der Waals surface area contributed by atoms with Gasteiger partial charge in [-0.25, -0.2) is 5.10 Å². The molecule has 2 heterocycles. The Morgan fingerprint density at radius 1 is 1.06 bits per heavy atom. The minimum absolute atomic E-state index is 0.00985. The smallest absolute Gasteiger partial charge is 0.274 e. The molecule has 170 valence electrons. The fraction of sp³-hybridized carbons (Fsp3) is 0.308. The summed E-state index contributed by atoms with van der Waals surface area (Å²) in [5.41, 5.74) is 2.29. The summed E-state index contributed by atoms with van der Waals surface area (Å²) in [7, 11) is 0. The van der Waals surface area contributed by atoms with Crippen molar-refractivity contribution in [3.8, 4) is 11.1 Å². The van der Waals surface area contributed by atoms with E-state index in [-0.39, 0.29) is 35.7 Å². The van der Waals surface area contributed by atoms with Crippen molar-refractivity contribution in [3.05, 3.63) is 88.3 Å². The van der Waals surface area contributed by atoms with Crippen molar-refractivity contribution in [1.82, 2.24) is 20.4 Å². The maximum absolute atomic E-state index is 13.5. The number of nitrogens with one attached hydrogen (secondary N) is 2. The van der Waals surface area contributed by atoms with Gasteiger partial charge in [0, 0.05) is 25.2 Å². The SMILES string of the molecule is CC(C)NC(=O)[C@@]1(Cc2ccccc2-c2ccccc2)CCN(C(=O)c2ccc(=O)[nH]n2)C1. The molecular formula is C26H28N4O3. The Morgan fingerprint density at radius 2 is 1.79 bits per heavy atom. The molecule has 1 aliphatic heterocycles. The van der Waals surface area contributed by atoms with Gasteiger partial charge in [0.25, 0.3) is 11.5 Å². The van der Waals surface area contributed by atoms with E-state index in [4.69, 9.17) is 0 Å². The molecule has 0 aliphatic carbocycles. The quantitative estimate of drug-likeness (QED) is 0.611. The Balaban J connectivity index is 1.66. The molecule has 3 aromatic rings. The first-order valence-corrected chi connectivity index (χ1v) is 11.2. The lowest BCUT2D eigenvalue weighted by molar-refractivity contribution is -0.130. The number of carbonyl (C=O) groups excluding carboxylic acids is 2. The number of carbonyl (C=O) groups is 2. The van der Waals surface area contributed by atoms with Crippen molar-refractivity contribution in [1.29, 1.82) is 0 Å². The van der Waals surface area contributed by atoms with E-state index in [9.17, 15) is 14.4 Å². The van der Waals surface area contributed by atoms with Crippen LogP contribution in [-0.4, -0.2) is 46.0 Å². The van der Waals surface area contributed by atoms with Crippen molar-refractivity contribution < 1.29 is 9.59 Å². The van der Waals surface area contributed by atoms with Crippen LogP contribution in [0.25, 0.3) is 11.1 Å². The summed E-state index contributed by atoms with van der Waals surface area (Å²) < 4.78 is 0. The van der Waals surface area contributed by atoms with Crippen LogP contribution >= 0.6 is 0 Å². The zero-order chi connectivity index (χ0) is 23.4. The van der Waals surface area contributed by atoms with Crippen molar-refractivity contribution in [2.24, 2.45) is 5.41 Å². The molecule has 0 saturated carbocycles. The highest BCUT2D eigenvalue weighted by Gasteiger charge is 2.46. The zero-order valence-electron chi connectivity index (χ0n) is 18.9. The van der Waals surface area contributed by atoms with Crippen LogP contribution in [0.5, 0.6) is 0 Å². The molecular weight excluding hydrogens is 416 g/mol. The molecule has 7 heteroatoms. The van der Waals surface area contributed by atoms with Gasteiger partial charge in [0.2, 0.25) is 5.91 Å². The van der Waals surface area contributed by atoms with Crippen molar-refractivity contribution in [2.75, 3.05) is 13.1 Å². The van der Waals surface area contributed by atoms with Crippen LogP contribution in [0, 0.1) is 5.41 Å². The van der Waals surface area contributed by atoms with Gasteiger partial charge in [0.15, 0.2) is 0 Å². The minimum Gasteiger partial charge on any atom is -0.353 e. The second-order valence-electron chi connectivity index (χ2n) is 8.89. The second-order valence-corrected chi connectivity index (χ2v) is 8.89. The van der Waals surface area contributed by atoms with Crippen LogP contribution in [0.4, 0.5) is 0 Å². The average molecular weight is 445 g/mol. The number of amides is 2. The van der Waals surface area contributed by atoms with Gasteiger partial charge in [-0.15, -0.1) is 0 Å². The summed E-state index contributed by atoms with van der Waals surface area (Å²) >= 11 is 0. The van der Waals surface area contributed by atoms with Crippen LogP contribution in [0.3, 0.4) is 0 Å². The molecule has 1 aliphatic rings. The Labute approximate surface area is 192 Å². The normalized spacial score (nSPS) is 17.8. The number of rotatable bonds is 6. The van der Waals surface area contributed by atoms with E-state index in [1.54, 1.807) is 4.90 Å². The molecule has 7 nitrogen and oxygen atoms in total. The third-order valence-electron chi connectivity index (χ3n) is 6.07. The van der Waals surface area contributed by atoms with E-state index in [1.807, 2.05) is 44.2 Å². The highest BCUT2D eigenvalue weighted by Crippen LogP contribution is 2.38. The van der Waals surface area contributed by atoms with Gasteiger partial charge in [0.05, 0.1) is 5.41 Å². The topological polar surface area (TPSA) is 95.2 Å². The van der Waals surface area contributed by atoms with Crippen LogP contribution in [0.1, 0.15) is 36.3 Å². The summed E-state index contributed by atoms with van der Waals surface area (Å²) in [6.07, 6.45) is 1.06. The molecule has 33 heavy (non-hydrogen) atoms. The van der Waals surface area contributed by atoms with Gasteiger partial charge in [-0.3, -0.25) is 14.4 Å². The van der Waals surface area contributed by atoms with Crippen molar-refractivity contribution in [3.63, 3.8) is 0 Å². The first kappa shape index (κ1) is 22.5. The van der Waals surface area contributed by atoms with E-state index >= 15 is 0 Å². The van der Waals surface area contributed by atoms with E-state index in [0.717, 1.165) is 16.7 Å². The highest BCUT2D eigenvalue weighted by molar-refractivity contribution is 5.93. The van der Waals surface area contributed by atoms with Gasteiger partial charge in [0.1, 0.15) is 5.69 Å². The molecule has 1 saturated heterocycles. The Bertz CT molecular complexity index is 1180. The second kappa shape index (κ2) is 9.40. The van der Waals surface area contributed by atoms with E-state index in [1.165, 1.54) is 12.1 Å². The van der Waals surface area contributed by atoms with E-state index < -0.39 is 5.41 Å². The first-order valence-electron chi connectivity index (χ1n) is 11.2. The lowest BCUT2D eigenvalue weighted by Gasteiger charge is -2.30.